The van der Waals surface area contributed by atoms with E-state index in [1.54, 1.807) is 6.92 Å². The van der Waals surface area contributed by atoms with E-state index in [0.29, 0.717) is 19.3 Å². The second kappa shape index (κ2) is 3.70. The number of rotatable bonds is 3. The van der Waals surface area contributed by atoms with Gasteiger partial charge in [-0.2, -0.15) is 0 Å². The van der Waals surface area contributed by atoms with Gasteiger partial charge in [0.05, 0.1) is 6.61 Å². The van der Waals surface area contributed by atoms with Crippen LogP contribution in [0.15, 0.2) is 12.7 Å². The average Bonchev–Trinajstić information content (AvgIpc) is 2.48. The highest BCUT2D eigenvalue weighted by Crippen LogP contribution is 2.31. The van der Waals surface area contributed by atoms with Gasteiger partial charge in [-0.25, -0.2) is 4.79 Å². The molecular weight excluding hydrogens is 172 g/mol. The average molecular weight is 184 g/mol. The van der Waals surface area contributed by atoms with Crippen LogP contribution in [-0.4, -0.2) is 24.6 Å². The van der Waals surface area contributed by atoms with Crippen molar-refractivity contribution in [1.82, 2.24) is 0 Å². The van der Waals surface area contributed by atoms with E-state index in [-0.39, 0.29) is 5.92 Å². The van der Waals surface area contributed by atoms with Gasteiger partial charge in [-0.15, -0.1) is 0 Å². The van der Waals surface area contributed by atoms with E-state index >= 15 is 0 Å². The van der Waals surface area contributed by atoms with E-state index < -0.39 is 11.8 Å². The van der Waals surface area contributed by atoms with Gasteiger partial charge in [-0.3, -0.25) is 4.79 Å². The van der Waals surface area contributed by atoms with Gasteiger partial charge in [-0.05, 0) is 6.42 Å². The molecule has 0 saturated carbocycles. The molecule has 13 heavy (non-hydrogen) atoms. The number of aldehydes is 1. The Labute approximate surface area is 76.5 Å². The van der Waals surface area contributed by atoms with Crippen molar-refractivity contribution in [1.29, 1.82) is 0 Å². The number of esters is 1. The van der Waals surface area contributed by atoms with E-state index in [1.807, 2.05) is 0 Å². The molecule has 0 amide bonds. The van der Waals surface area contributed by atoms with Crippen LogP contribution in [0.1, 0.15) is 13.3 Å². The molecule has 1 heterocycles. The fourth-order valence-corrected chi connectivity index (χ4v) is 1.24. The molecule has 4 heteroatoms. The Morgan fingerprint density at radius 1 is 1.77 bits per heavy atom. The van der Waals surface area contributed by atoms with Gasteiger partial charge in [0, 0.05) is 12.0 Å². The molecule has 0 aromatic rings. The highest BCUT2D eigenvalue weighted by Gasteiger charge is 2.45. The molecule has 0 spiro atoms. The summed E-state index contributed by atoms with van der Waals surface area (Å²) in [5, 5.41) is 0. The lowest BCUT2D eigenvalue weighted by atomic mass is 10.0. The minimum Gasteiger partial charge on any atom is -0.422 e. The number of carbonyl (C=O) groups is 2. The summed E-state index contributed by atoms with van der Waals surface area (Å²) in [5.74, 6) is -2.12. The van der Waals surface area contributed by atoms with E-state index in [4.69, 9.17) is 9.47 Å². The number of ether oxygens (including phenoxy) is 2. The molecule has 0 N–H and O–H groups in total. The first-order valence-corrected chi connectivity index (χ1v) is 4.10. The summed E-state index contributed by atoms with van der Waals surface area (Å²) in [5.41, 5.74) is 0. The highest BCUT2D eigenvalue weighted by molar-refractivity contribution is 5.83. The summed E-state index contributed by atoms with van der Waals surface area (Å²) in [6.45, 7) is 5.49. The Kier molecular flexibility index (Phi) is 2.83. The van der Waals surface area contributed by atoms with Crippen molar-refractivity contribution < 1.29 is 19.1 Å². The molecule has 4 nitrogen and oxygen atoms in total. The highest BCUT2D eigenvalue weighted by atomic mass is 16.7. The maximum absolute atomic E-state index is 10.9. The van der Waals surface area contributed by atoms with Gasteiger partial charge in [0.2, 0.25) is 0 Å². The predicted octanol–water partition coefficient (Wildman–Crippen LogP) is 0.667. The molecule has 1 aliphatic rings. The zero-order valence-corrected chi connectivity index (χ0v) is 7.49. The second-order valence-corrected chi connectivity index (χ2v) is 3.00. The van der Waals surface area contributed by atoms with Crippen LogP contribution in [-0.2, 0) is 19.1 Å². The van der Waals surface area contributed by atoms with Gasteiger partial charge in [-0.1, -0.05) is 13.5 Å². The van der Waals surface area contributed by atoms with Gasteiger partial charge >= 0.3 is 5.97 Å². The first-order chi connectivity index (χ1) is 6.14. The molecule has 72 valence electrons. The molecule has 0 bridgehead atoms. The van der Waals surface area contributed by atoms with Gasteiger partial charge < -0.3 is 9.47 Å². The zero-order valence-electron chi connectivity index (χ0n) is 7.49. The zero-order chi connectivity index (χ0) is 9.90. The quantitative estimate of drug-likeness (QED) is 0.367. The molecule has 1 fully saturated rings. The Balaban J connectivity index is 2.74. The van der Waals surface area contributed by atoms with Gasteiger partial charge in [0.15, 0.2) is 6.29 Å². The molecular formula is C9H12O4. The molecule has 1 aliphatic heterocycles. The maximum Gasteiger partial charge on any atom is 0.333 e. The molecule has 1 saturated heterocycles. The number of carbonyl (C=O) groups excluding carboxylic acids is 2. The molecule has 2 unspecified atom stereocenters. The molecule has 0 aliphatic carbocycles. The van der Waals surface area contributed by atoms with Crippen LogP contribution < -0.4 is 0 Å². The first kappa shape index (κ1) is 9.92. The Hall–Kier alpha value is -1.16. The third-order valence-corrected chi connectivity index (χ3v) is 2.16. The molecule has 0 radical (unpaired) electrons. The van der Waals surface area contributed by atoms with E-state index in [1.165, 1.54) is 0 Å². The van der Waals surface area contributed by atoms with E-state index in [9.17, 15) is 9.59 Å². The molecule has 0 aromatic heterocycles. The Bertz CT molecular complexity index is 236. The Morgan fingerprint density at radius 2 is 2.46 bits per heavy atom. The third kappa shape index (κ3) is 1.78. The minimum atomic E-state index is -1.38. The van der Waals surface area contributed by atoms with E-state index in [2.05, 4.69) is 6.58 Å². The summed E-state index contributed by atoms with van der Waals surface area (Å²) >= 11 is 0. The third-order valence-electron chi connectivity index (χ3n) is 2.16. The standard InChI is InChI=1S/C9H12O4/c1-3-8(11)13-9(6-10)7(2)4-5-12-9/h3,6-7H,1,4-5H2,2H3. The summed E-state index contributed by atoms with van der Waals surface area (Å²) in [7, 11) is 0. The van der Waals surface area contributed by atoms with Crippen molar-refractivity contribution in [3.05, 3.63) is 12.7 Å². The van der Waals surface area contributed by atoms with Crippen molar-refractivity contribution in [3.63, 3.8) is 0 Å². The Morgan fingerprint density at radius 3 is 2.85 bits per heavy atom. The maximum atomic E-state index is 10.9. The lowest BCUT2D eigenvalue weighted by Gasteiger charge is -2.25. The van der Waals surface area contributed by atoms with Crippen molar-refractivity contribution in [2.45, 2.75) is 19.1 Å². The van der Waals surface area contributed by atoms with Crippen molar-refractivity contribution in [2.24, 2.45) is 5.92 Å². The fourth-order valence-electron chi connectivity index (χ4n) is 1.24. The summed E-state index contributed by atoms with van der Waals surface area (Å²) in [6.07, 6.45) is 2.26. The summed E-state index contributed by atoms with van der Waals surface area (Å²) < 4.78 is 9.98. The lowest BCUT2D eigenvalue weighted by molar-refractivity contribution is -0.210. The first-order valence-electron chi connectivity index (χ1n) is 4.10. The normalized spacial score (nSPS) is 32.5. The monoisotopic (exact) mass is 184 g/mol. The van der Waals surface area contributed by atoms with Crippen LogP contribution in [0.2, 0.25) is 0 Å². The van der Waals surface area contributed by atoms with Crippen LogP contribution >= 0.6 is 0 Å². The summed E-state index contributed by atoms with van der Waals surface area (Å²) in [4.78, 5) is 21.7. The smallest absolute Gasteiger partial charge is 0.333 e. The fraction of sp³-hybridized carbons (Fsp3) is 0.556. The van der Waals surface area contributed by atoms with E-state index in [0.717, 1.165) is 6.08 Å². The van der Waals surface area contributed by atoms with Crippen LogP contribution in [0.3, 0.4) is 0 Å². The summed E-state index contributed by atoms with van der Waals surface area (Å²) in [6, 6.07) is 0. The SMILES string of the molecule is C=CC(=O)OC1(C=O)OCCC1C. The largest absolute Gasteiger partial charge is 0.422 e. The van der Waals surface area contributed by atoms with Crippen LogP contribution in [0.5, 0.6) is 0 Å². The van der Waals surface area contributed by atoms with Gasteiger partial charge in [0.25, 0.3) is 5.79 Å². The topological polar surface area (TPSA) is 52.6 Å². The van der Waals surface area contributed by atoms with Crippen molar-refractivity contribution in [2.75, 3.05) is 6.61 Å². The number of hydrogen-bond donors (Lipinski definition) is 0. The molecule has 1 rings (SSSR count). The van der Waals surface area contributed by atoms with Crippen LogP contribution in [0.4, 0.5) is 0 Å². The van der Waals surface area contributed by atoms with Crippen molar-refractivity contribution >= 4 is 12.3 Å². The van der Waals surface area contributed by atoms with Crippen molar-refractivity contribution in [3.8, 4) is 0 Å². The molecule has 0 aromatic carbocycles. The second-order valence-electron chi connectivity index (χ2n) is 3.00. The molecule has 2 atom stereocenters. The minimum absolute atomic E-state index is 0.103. The van der Waals surface area contributed by atoms with Gasteiger partial charge in [0.1, 0.15) is 0 Å². The predicted molar refractivity (Wildman–Crippen MR) is 44.8 cm³/mol. The lowest BCUT2D eigenvalue weighted by Crippen LogP contribution is -2.40. The van der Waals surface area contributed by atoms with Crippen LogP contribution in [0, 0.1) is 5.92 Å². The number of hydrogen-bond acceptors (Lipinski definition) is 4. The van der Waals surface area contributed by atoms with Crippen LogP contribution in [0.25, 0.3) is 0 Å².